The highest BCUT2D eigenvalue weighted by atomic mass is 16.5. The van der Waals surface area contributed by atoms with Crippen molar-refractivity contribution in [3.8, 4) is 5.75 Å². The lowest BCUT2D eigenvalue weighted by Crippen LogP contribution is -2.53. The normalized spacial score (nSPS) is 15.8. The summed E-state index contributed by atoms with van der Waals surface area (Å²) in [7, 11) is 1.62. The van der Waals surface area contributed by atoms with Crippen LogP contribution in [0.1, 0.15) is 26.3 Å². The highest BCUT2D eigenvalue weighted by Gasteiger charge is 2.29. The van der Waals surface area contributed by atoms with E-state index in [1.165, 1.54) is 0 Å². The van der Waals surface area contributed by atoms with Crippen molar-refractivity contribution < 1.29 is 14.3 Å². The fourth-order valence-corrected chi connectivity index (χ4v) is 2.89. The molecule has 0 saturated carbocycles. The minimum absolute atomic E-state index is 0.0125. The lowest BCUT2D eigenvalue weighted by Gasteiger charge is -2.37. The molecule has 1 fully saturated rings. The average Bonchev–Trinajstić information content (AvgIpc) is 2.59. The number of ether oxygens (including phenoxy) is 1. The number of nitrogens with one attached hydrogen (secondary N) is 1. The summed E-state index contributed by atoms with van der Waals surface area (Å²) in [5, 5.41) is 2.94. The van der Waals surface area contributed by atoms with Crippen LogP contribution >= 0.6 is 0 Å². The highest BCUT2D eigenvalue weighted by molar-refractivity contribution is 5.81. The van der Waals surface area contributed by atoms with Crippen molar-refractivity contribution in [1.29, 1.82) is 0 Å². The molecule has 0 aromatic heterocycles. The van der Waals surface area contributed by atoms with Crippen LogP contribution in [-0.2, 0) is 16.1 Å². The fourth-order valence-electron chi connectivity index (χ4n) is 2.89. The summed E-state index contributed by atoms with van der Waals surface area (Å²) < 4.78 is 5.29. The molecule has 1 N–H and O–H groups in total. The van der Waals surface area contributed by atoms with E-state index >= 15 is 0 Å². The van der Waals surface area contributed by atoms with Crippen molar-refractivity contribution in [2.75, 3.05) is 39.8 Å². The molecule has 0 aliphatic carbocycles. The molecule has 0 bridgehead atoms. The number of carbonyl (C=O) groups excluding carboxylic acids is 2. The number of piperazine rings is 1. The van der Waals surface area contributed by atoms with Crippen molar-refractivity contribution in [2.45, 2.75) is 27.3 Å². The zero-order chi connectivity index (χ0) is 18.4. The first-order chi connectivity index (χ1) is 11.8. The molecule has 1 aromatic carbocycles. The topological polar surface area (TPSA) is 61.9 Å². The number of methoxy groups -OCH3 is 1. The Morgan fingerprint density at radius 2 is 1.76 bits per heavy atom. The van der Waals surface area contributed by atoms with E-state index in [0.29, 0.717) is 26.2 Å². The number of hydrogen-bond acceptors (Lipinski definition) is 4. The number of nitrogens with zero attached hydrogens (tertiary/aromatic N) is 2. The Labute approximate surface area is 150 Å². The van der Waals surface area contributed by atoms with E-state index in [1.54, 1.807) is 7.11 Å². The third kappa shape index (κ3) is 5.46. The van der Waals surface area contributed by atoms with Gasteiger partial charge in [0, 0.05) is 43.7 Å². The van der Waals surface area contributed by atoms with Gasteiger partial charge in [-0.1, -0.05) is 39.0 Å². The maximum absolute atomic E-state index is 12.3. The lowest BCUT2D eigenvalue weighted by atomic mass is 9.94. The molecular weight excluding hydrogens is 318 g/mol. The summed E-state index contributed by atoms with van der Waals surface area (Å²) in [6, 6.07) is 7.65. The van der Waals surface area contributed by atoms with E-state index < -0.39 is 0 Å². The second-order valence-corrected chi connectivity index (χ2v) is 7.41. The van der Waals surface area contributed by atoms with Crippen LogP contribution in [0.2, 0.25) is 0 Å². The van der Waals surface area contributed by atoms with Gasteiger partial charge in [-0.3, -0.25) is 14.5 Å². The summed E-state index contributed by atoms with van der Waals surface area (Å²) in [6.45, 7) is 9.42. The molecule has 0 spiro atoms. The van der Waals surface area contributed by atoms with E-state index in [2.05, 4.69) is 10.2 Å². The van der Waals surface area contributed by atoms with Gasteiger partial charge in [0.1, 0.15) is 5.75 Å². The number of benzene rings is 1. The summed E-state index contributed by atoms with van der Waals surface area (Å²) in [5.74, 6) is 0.936. The lowest BCUT2D eigenvalue weighted by molar-refractivity contribution is -0.141. The average molecular weight is 347 g/mol. The molecule has 1 heterocycles. The monoisotopic (exact) mass is 347 g/mol. The first-order valence-corrected chi connectivity index (χ1v) is 8.71. The Kier molecular flexibility index (Phi) is 6.42. The summed E-state index contributed by atoms with van der Waals surface area (Å²) in [5.41, 5.74) is 0.604. The molecular formula is C19H29N3O3. The summed E-state index contributed by atoms with van der Waals surface area (Å²) in [6.07, 6.45) is 0. The predicted molar refractivity (Wildman–Crippen MR) is 97.3 cm³/mol. The van der Waals surface area contributed by atoms with Crippen LogP contribution in [0.25, 0.3) is 0 Å². The predicted octanol–water partition coefficient (Wildman–Crippen LogP) is 1.50. The second kappa shape index (κ2) is 8.34. The minimum atomic E-state index is -0.353. The van der Waals surface area contributed by atoms with Gasteiger partial charge in [-0.15, -0.1) is 0 Å². The van der Waals surface area contributed by atoms with Crippen LogP contribution in [0.3, 0.4) is 0 Å². The highest BCUT2D eigenvalue weighted by Crippen LogP contribution is 2.19. The van der Waals surface area contributed by atoms with Gasteiger partial charge in [-0.05, 0) is 6.07 Å². The van der Waals surface area contributed by atoms with Crippen LogP contribution in [0.5, 0.6) is 5.75 Å². The van der Waals surface area contributed by atoms with Gasteiger partial charge in [0.15, 0.2) is 0 Å². The third-order valence-electron chi connectivity index (χ3n) is 4.34. The number of para-hydroxylation sites is 1. The smallest absolute Gasteiger partial charge is 0.234 e. The quantitative estimate of drug-likeness (QED) is 0.877. The van der Waals surface area contributed by atoms with Crippen LogP contribution < -0.4 is 10.1 Å². The van der Waals surface area contributed by atoms with E-state index in [0.717, 1.165) is 24.4 Å². The molecule has 0 radical (unpaired) electrons. The van der Waals surface area contributed by atoms with E-state index in [1.807, 2.05) is 49.9 Å². The number of hydrogen-bond donors (Lipinski definition) is 1. The van der Waals surface area contributed by atoms with Gasteiger partial charge in [0.05, 0.1) is 13.7 Å². The van der Waals surface area contributed by atoms with Crippen molar-refractivity contribution in [3.63, 3.8) is 0 Å². The second-order valence-electron chi connectivity index (χ2n) is 7.41. The van der Waals surface area contributed by atoms with Crippen molar-refractivity contribution in [2.24, 2.45) is 5.41 Å². The van der Waals surface area contributed by atoms with E-state index in [9.17, 15) is 9.59 Å². The largest absolute Gasteiger partial charge is 0.496 e. The molecule has 0 unspecified atom stereocenters. The Morgan fingerprint density at radius 1 is 1.12 bits per heavy atom. The zero-order valence-corrected chi connectivity index (χ0v) is 15.7. The molecule has 2 amide bonds. The van der Waals surface area contributed by atoms with Crippen LogP contribution in [0.15, 0.2) is 24.3 Å². The number of rotatable bonds is 5. The number of carbonyl (C=O) groups is 2. The Balaban J connectivity index is 1.76. The summed E-state index contributed by atoms with van der Waals surface area (Å²) in [4.78, 5) is 28.4. The standard InChI is InChI=1S/C19H29N3O3/c1-19(2,3)18(24)22-11-9-21(10-12-22)14-17(23)20-13-15-7-5-6-8-16(15)25-4/h5-8H,9-14H2,1-4H3,(H,20,23). The van der Waals surface area contributed by atoms with Crippen LogP contribution in [0.4, 0.5) is 0 Å². The Hall–Kier alpha value is -2.08. The molecule has 6 heteroatoms. The van der Waals surface area contributed by atoms with E-state index in [4.69, 9.17) is 4.74 Å². The Morgan fingerprint density at radius 3 is 2.36 bits per heavy atom. The zero-order valence-electron chi connectivity index (χ0n) is 15.7. The molecule has 138 valence electrons. The molecule has 25 heavy (non-hydrogen) atoms. The minimum Gasteiger partial charge on any atom is -0.496 e. The SMILES string of the molecule is COc1ccccc1CNC(=O)CN1CCN(C(=O)C(C)(C)C)CC1. The molecule has 1 saturated heterocycles. The van der Waals surface area contributed by atoms with Crippen molar-refractivity contribution in [1.82, 2.24) is 15.1 Å². The summed E-state index contributed by atoms with van der Waals surface area (Å²) >= 11 is 0. The molecule has 6 nitrogen and oxygen atoms in total. The first-order valence-electron chi connectivity index (χ1n) is 8.71. The van der Waals surface area contributed by atoms with Gasteiger partial charge in [-0.25, -0.2) is 0 Å². The van der Waals surface area contributed by atoms with Gasteiger partial charge in [0.25, 0.3) is 0 Å². The number of amides is 2. The first kappa shape index (κ1) is 19.2. The fraction of sp³-hybridized carbons (Fsp3) is 0.579. The van der Waals surface area contributed by atoms with Crippen molar-refractivity contribution in [3.05, 3.63) is 29.8 Å². The van der Waals surface area contributed by atoms with Crippen LogP contribution in [-0.4, -0.2) is 61.4 Å². The molecule has 1 aliphatic heterocycles. The van der Waals surface area contributed by atoms with Gasteiger partial charge >= 0.3 is 0 Å². The van der Waals surface area contributed by atoms with Crippen molar-refractivity contribution >= 4 is 11.8 Å². The molecule has 1 aromatic rings. The maximum Gasteiger partial charge on any atom is 0.234 e. The molecule has 1 aliphatic rings. The van der Waals surface area contributed by atoms with E-state index in [-0.39, 0.29) is 17.2 Å². The van der Waals surface area contributed by atoms with Crippen LogP contribution in [0, 0.1) is 5.41 Å². The maximum atomic E-state index is 12.3. The Bertz CT molecular complexity index is 602. The van der Waals surface area contributed by atoms with Gasteiger partial charge in [-0.2, -0.15) is 0 Å². The molecule has 2 rings (SSSR count). The van der Waals surface area contributed by atoms with Gasteiger partial charge in [0.2, 0.25) is 11.8 Å². The van der Waals surface area contributed by atoms with Gasteiger partial charge < -0.3 is 15.0 Å². The third-order valence-corrected chi connectivity index (χ3v) is 4.34. The molecule has 0 atom stereocenters.